The molecular weight excluding hydrogens is 338 g/mol. The van der Waals surface area contributed by atoms with Gasteiger partial charge in [0.25, 0.3) is 0 Å². The van der Waals surface area contributed by atoms with E-state index in [4.69, 9.17) is 4.74 Å². The van der Waals surface area contributed by atoms with Crippen molar-refractivity contribution in [3.8, 4) is 0 Å². The van der Waals surface area contributed by atoms with Crippen molar-refractivity contribution in [3.63, 3.8) is 0 Å². The molecule has 0 unspecified atom stereocenters. The van der Waals surface area contributed by atoms with E-state index in [9.17, 15) is 13.2 Å². The highest BCUT2D eigenvalue weighted by Gasteiger charge is 2.68. The van der Waals surface area contributed by atoms with Crippen molar-refractivity contribution in [2.75, 3.05) is 32.1 Å². The molecule has 0 amide bonds. The number of carbonyl (C=O) groups is 1. The van der Waals surface area contributed by atoms with Crippen LogP contribution in [0.1, 0.15) is 64.7 Å². The highest BCUT2D eigenvalue weighted by Crippen LogP contribution is 2.40. The number of Topliss-reactive ketones (excluding diaryl/α,β-unsaturated/α-hetero) is 1. The molecule has 5 nitrogen and oxygen atoms in total. The molecule has 1 N–H and O–H groups in total. The van der Waals surface area contributed by atoms with E-state index >= 15 is 0 Å². The SMILES string of the molecule is C[C@H]1C(=O)CCCCCCCCC[C@H]2[C@]1([NH+]1CCOCC1)CS2(=O)=O. The van der Waals surface area contributed by atoms with Gasteiger partial charge in [-0.05, 0) is 19.8 Å². The van der Waals surface area contributed by atoms with Crippen molar-refractivity contribution in [1.29, 1.82) is 0 Å². The summed E-state index contributed by atoms with van der Waals surface area (Å²) >= 11 is 0. The number of fused-ring (bicyclic) bond motifs is 1. The third-order valence-corrected chi connectivity index (χ3v) is 9.25. The highest BCUT2D eigenvalue weighted by atomic mass is 32.2. The second kappa shape index (κ2) is 8.05. The molecule has 3 fully saturated rings. The molecule has 2 aliphatic heterocycles. The van der Waals surface area contributed by atoms with E-state index < -0.39 is 15.4 Å². The van der Waals surface area contributed by atoms with Gasteiger partial charge in [0.15, 0.2) is 9.84 Å². The summed E-state index contributed by atoms with van der Waals surface area (Å²) < 4.78 is 30.9. The van der Waals surface area contributed by atoms with Crippen LogP contribution in [-0.4, -0.2) is 57.0 Å². The minimum Gasteiger partial charge on any atom is -0.370 e. The molecule has 0 aromatic heterocycles. The summed E-state index contributed by atoms with van der Waals surface area (Å²) in [6, 6.07) is 0. The van der Waals surface area contributed by atoms with Crippen molar-refractivity contribution in [3.05, 3.63) is 0 Å². The van der Waals surface area contributed by atoms with Crippen LogP contribution in [0.15, 0.2) is 0 Å². The Morgan fingerprint density at radius 3 is 2.24 bits per heavy atom. The van der Waals surface area contributed by atoms with Crippen molar-refractivity contribution >= 4 is 15.6 Å². The van der Waals surface area contributed by atoms with E-state index in [1.54, 1.807) is 0 Å². The highest BCUT2D eigenvalue weighted by molar-refractivity contribution is 7.93. The molecule has 2 saturated heterocycles. The number of morpholine rings is 1. The van der Waals surface area contributed by atoms with E-state index in [2.05, 4.69) is 0 Å². The normalized spacial score (nSPS) is 38.5. The maximum atomic E-state index is 12.9. The van der Waals surface area contributed by atoms with Crippen molar-refractivity contribution in [2.45, 2.75) is 75.5 Å². The molecule has 144 valence electrons. The summed E-state index contributed by atoms with van der Waals surface area (Å²) in [5.41, 5.74) is -0.409. The molecule has 0 aromatic carbocycles. The summed E-state index contributed by atoms with van der Waals surface area (Å²) in [5.74, 6) is 0.292. The number of carbonyl (C=O) groups excluding carboxylic acids is 1. The minimum atomic E-state index is -3.06. The van der Waals surface area contributed by atoms with Gasteiger partial charge >= 0.3 is 0 Å². The molecule has 6 heteroatoms. The van der Waals surface area contributed by atoms with Gasteiger partial charge in [0.05, 0.1) is 19.1 Å². The summed E-state index contributed by atoms with van der Waals surface area (Å²) in [4.78, 5) is 14.2. The van der Waals surface area contributed by atoms with Gasteiger partial charge in [-0.1, -0.05) is 38.5 Å². The zero-order valence-electron chi connectivity index (χ0n) is 15.6. The second-order valence-corrected chi connectivity index (χ2v) is 10.4. The van der Waals surface area contributed by atoms with Crippen LogP contribution in [0.4, 0.5) is 0 Å². The van der Waals surface area contributed by atoms with Gasteiger partial charge < -0.3 is 9.64 Å². The van der Waals surface area contributed by atoms with Gasteiger partial charge in [-0.15, -0.1) is 0 Å². The lowest BCUT2D eigenvalue weighted by Gasteiger charge is -2.55. The molecule has 25 heavy (non-hydrogen) atoms. The quantitative estimate of drug-likeness (QED) is 0.750. The van der Waals surface area contributed by atoms with Gasteiger partial charge in [-0.2, -0.15) is 0 Å². The number of nitrogens with one attached hydrogen (secondary N) is 1. The Morgan fingerprint density at radius 2 is 1.60 bits per heavy atom. The van der Waals surface area contributed by atoms with Crippen LogP contribution in [0, 0.1) is 5.92 Å². The molecule has 3 aliphatic rings. The average Bonchev–Trinajstić information content (AvgIpc) is 2.61. The summed E-state index contributed by atoms with van der Waals surface area (Å²) in [7, 11) is -3.06. The predicted octanol–water partition coefficient (Wildman–Crippen LogP) is 1.17. The molecular formula is C19H34NO4S+. The zero-order valence-corrected chi connectivity index (χ0v) is 16.4. The van der Waals surface area contributed by atoms with Gasteiger partial charge in [-0.3, -0.25) is 4.79 Å². The van der Waals surface area contributed by atoms with E-state index in [0.29, 0.717) is 19.6 Å². The third-order valence-electron chi connectivity index (χ3n) is 6.85. The maximum absolute atomic E-state index is 12.9. The Balaban J connectivity index is 1.89. The van der Waals surface area contributed by atoms with E-state index in [1.165, 1.54) is 24.2 Å². The Labute approximate surface area is 152 Å². The molecule has 3 atom stereocenters. The van der Waals surface area contributed by atoms with E-state index in [-0.39, 0.29) is 22.7 Å². The summed E-state index contributed by atoms with van der Waals surface area (Å²) in [5, 5.41) is -0.340. The first kappa shape index (κ1) is 19.3. The maximum Gasteiger partial charge on any atom is 0.165 e. The number of rotatable bonds is 1. The topological polar surface area (TPSA) is 64.9 Å². The van der Waals surface area contributed by atoms with Crippen LogP contribution in [0.3, 0.4) is 0 Å². The first-order chi connectivity index (χ1) is 12.0. The average molecular weight is 373 g/mol. The van der Waals surface area contributed by atoms with Crippen LogP contribution in [0.5, 0.6) is 0 Å². The zero-order chi connectivity index (χ0) is 17.9. The fourth-order valence-corrected chi connectivity index (χ4v) is 8.17. The van der Waals surface area contributed by atoms with Crippen molar-refractivity contribution in [1.82, 2.24) is 0 Å². The Bertz CT molecular complexity index is 570. The number of hydrogen-bond acceptors (Lipinski definition) is 4. The monoisotopic (exact) mass is 372 g/mol. The Hall–Kier alpha value is -0.460. The molecule has 3 rings (SSSR count). The smallest absolute Gasteiger partial charge is 0.165 e. The Kier molecular flexibility index (Phi) is 6.22. The predicted molar refractivity (Wildman–Crippen MR) is 97.5 cm³/mol. The van der Waals surface area contributed by atoms with Crippen LogP contribution in [0.2, 0.25) is 0 Å². The van der Waals surface area contributed by atoms with Crippen molar-refractivity contribution in [2.24, 2.45) is 5.92 Å². The first-order valence-electron chi connectivity index (χ1n) is 10.2. The third kappa shape index (κ3) is 3.81. The molecule has 0 spiro atoms. The lowest BCUT2D eigenvalue weighted by Crippen LogP contribution is -3.27. The van der Waals surface area contributed by atoms with E-state index in [0.717, 1.165) is 45.2 Å². The van der Waals surface area contributed by atoms with Crippen LogP contribution < -0.4 is 4.90 Å². The summed E-state index contributed by atoms with van der Waals surface area (Å²) in [6.07, 6.45) is 9.09. The van der Waals surface area contributed by atoms with Gasteiger partial charge in [0.1, 0.15) is 35.4 Å². The molecule has 0 bridgehead atoms. The fourth-order valence-electron chi connectivity index (χ4n) is 5.32. The number of hydrogen-bond donors (Lipinski definition) is 1. The number of sulfone groups is 1. The van der Waals surface area contributed by atoms with E-state index in [1.807, 2.05) is 6.92 Å². The molecule has 1 saturated carbocycles. The second-order valence-electron chi connectivity index (χ2n) is 8.25. The lowest BCUT2D eigenvalue weighted by atomic mass is 9.75. The van der Waals surface area contributed by atoms with Crippen LogP contribution >= 0.6 is 0 Å². The lowest BCUT2D eigenvalue weighted by molar-refractivity contribution is -0.961. The fraction of sp³-hybridized carbons (Fsp3) is 0.947. The number of ether oxygens (including phenoxy) is 1. The first-order valence-corrected chi connectivity index (χ1v) is 11.9. The molecule has 2 heterocycles. The summed E-state index contributed by atoms with van der Waals surface area (Å²) in [6.45, 7) is 4.99. The standard InChI is InChI=1S/C19H33NO4S/c1-16-17(21)9-7-5-3-2-4-6-8-10-18-19(16,15-25(18,22)23)20-11-13-24-14-12-20/h16,18H,2-15H2,1H3/p+1/t16-,18-,19-/m0/s1. The number of quaternary nitrogens is 1. The minimum absolute atomic E-state index is 0.171. The van der Waals surface area contributed by atoms with Crippen LogP contribution in [0.25, 0.3) is 0 Å². The largest absolute Gasteiger partial charge is 0.370 e. The van der Waals surface area contributed by atoms with Crippen molar-refractivity contribution < 1.29 is 22.8 Å². The Morgan fingerprint density at radius 1 is 1.00 bits per heavy atom. The molecule has 0 aromatic rings. The van der Waals surface area contributed by atoms with Gasteiger partial charge in [-0.25, -0.2) is 8.42 Å². The van der Waals surface area contributed by atoms with Gasteiger partial charge in [0, 0.05) is 6.42 Å². The van der Waals surface area contributed by atoms with Gasteiger partial charge in [0.2, 0.25) is 0 Å². The molecule has 1 aliphatic carbocycles. The molecule has 0 radical (unpaired) electrons. The van der Waals surface area contributed by atoms with Crippen LogP contribution in [-0.2, 0) is 19.4 Å². The number of ketones is 1.